The predicted molar refractivity (Wildman–Crippen MR) is 149 cm³/mol. The highest BCUT2D eigenvalue weighted by Gasteiger charge is 2.42. The van der Waals surface area contributed by atoms with Crippen molar-refractivity contribution in [2.45, 2.75) is 64.2 Å². The number of β-amino-alcohol motifs (C(OH)–C–C–N with tert-alkyl or cyclic N) is 1. The molecule has 37 heavy (non-hydrogen) atoms. The number of fused-ring (bicyclic) bond motifs is 1. The molecule has 0 spiro atoms. The molecule has 2 aromatic rings. The van der Waals surface area contributed by atoms with Gasteiger partial charge in [-0.3, -0.25) is 4.90 Å². The lowest BCUT2D eigenvalue weighted by Gasteiger charge is -2.42. The van der Waals surface area contributed by atoms with Crippen LogP contribution in [0.2, 0.25) is 0 Å². The fourth-order valence-electron chi connectivity index (χ4n) is 4.49. The Balaban J connectivity index is 1.69. The van der Waals surface area contributed by atoms with Gasteiger partial charge in [-0.2, -0.15) is 3.33 Å². The molecule has 3 rings (SSSR count). The molecule has 0 saturated heterocycles. The van der Waals surface area contributed by atoms with Crippen molar-refractivity contribution >= 4 is 43.6 Å². The topological polar surface area (TPSA) is 119 Å². The normalized spacial score (nSPS) is 16.2. The fourth-order valence-corrected chi connectivity index (χ4v) is 5.28. The Kier molecular flexibility index (Phi) is 8.83. The van der Waals surface area contributed by atoms with Crippen molar-refractivity contribution in [1.29, 1.82) is 0 Å². The molecular formula is C26H36BrN3O6S. The monoisotopic (exact) mass is 597 g/mol. The number of anilines is 2. The summed E-state index contributed by atoms with van der Waals surface area (Å²) in [6.07, 6.45) is 1.64. The Morgan fingerprint density at radius 2 is 1.84 bits per heavy atom. The first-order valence-electron chi connectivity index (χ1n) is 12.3. The number of hydrogen-bond acceptors (Lipinski definition) is 7. The molecular weight excluding hydrogens is 562 g/mol. The van der Waals surface area contributed by atoms with E-state index in [0.29, 0.717) is 31.4 Å². The van der Waals surface area contributed by atoms with Gasteiger partial charge < -0.3 is 20.3 Å². The Bertz CT molecular complexity index is 1230. The van der Waals surface area contributed by atoms with Gasteiger partial charge in [-0.05, 0) is 56.9 Å². The number of aliphatic hydroxyl groups excluding tert-OH is 1. The third kappa shape index (κ3) is 6.39. The molecule has 9 nitrogen and oxygen atoms in total. The Morgan fingerprint density at radius 3 is 2.46 bits per heavy atom. The number of phenols is 1. The molecule has 1 atom stereocenters. The van der Waals surface area contributed by atoms with Gasteiger partial charge in [0.15, 0.2) is 0 Å². The standard InChI is InChI=1S/C26H36BrN3O6S/c1-6-26(7-2)19-10-8-9-11-20(19)29(24(33)36-26)15-14-25(3,4)28-17-23(32)18-12-13-22(31)21(16-18)30(27)37(5,34)35/h8-13,16,23,28,31-32H,6-7,14-15,17H2,1-5H3/t23-/m0/s1. The van der Waals surface area contributed by atoms with Gasteiger partial charge in [-0.1, -0.05) is 38.1 Å². The van der Waals surface area contributed by atoms with E-state index in [1.165, 1.54) is 18.2 Å². The van der Waals surface area contributed by atoms with Crippen molar-refractivity contribution in [1.82, 2.24) is 5.32 Å². The first-order valence-corrected chi connectivity index (χ1v) is 14.8. The highest BCUT2D eigenvalue weighted by Crippen LogP contribution is 2.43. The molecule has 0 unspecified atom stereocenters. The molecule has 204 valence electrons. The van der Waals surface area contributed by atoms with Crippen LogP contribution in [0.5, 0.6) is 5.75 Å². The summed E-state index contributed by atoms with van der Waals surface area (Å²) in [7, 11) is -3.66. The van der Waals surface area contributed by atoms with Crippen molar-refractivity contribution < 1.29 is 28.2 Å². The Labute approximate surface area is 227 Å². The number of aliphatic hydroxyl groups is 1. The zero-order chi connectivity index (χ0) is 27.6. The van der Waals surface area contributed by atoms with Gasteiger partial charge in [-0.15, -0.1) is 0 Å². The van der Waals surface area contributed by atoms with Gasteiger partial charge in [0.25, 0.3) is 0 Å². The molecule has 0 saturated carbocycles. The number of hydrogen-bond donors (Lipinski definition) is 3. The molecule has 1 aliphatic rings. The number of nitrogens with zero attached hydrogens (tertiary/aromatic N) is 2. The maximum absolute atomic E-state index is 13.0. The number of cyclic esters (lactones) is 1. The molecule has 2 aromatic carbocycles. The number of aromatic hydroxyl groups is 1. The van der Waals surface area contributed by atoms with Crippen LogP contribution >= 0.6 is 16.1 Å². The number of rotatable bonds is 11. The maximum Gasteiger partial charge on any atom is 0.415 e. The van der Waals surface area contributed by atoms with Gasteiger partial charge in [0.2, 0.25) is 10.0 Å². The minimum Gasteiger partial charge on any atom is -0.506 e. The van der Waals surface area contributed by atoms with Crippen LogP contribution < -0.4 is 13.5 Å². The molecule has 11 heteroatoms. The smallest absolute Gasteiger partial charge is 0.415 e. The van der Waals surface area contributed by atoms with E-state index < -0.39 is 27.3 Å². The van der Waals surface area contributed by atoms with Crippen molar-refractivity contribution in [2.24, 2.45) is 0 Å². The summed E-state index contributed by atoms with van der Waals surface area (Å²) in [5.41, 5.74) is 1.25. The number of ether oxygens (including phenoxy) is 1. The van der Waals surface area contributed by atoms with Crippen LogP contribution in [0.15, 0.2) is 42.5 Å². The quantitative estimate of drug-likeness (QED) is 0.314. The predicted octanol–water partition coefficient (Wildman–Crippen LogP) is 4.93. The van der Waals surface area contributed by atoms with Crippen molar-refractivity contribution in [3.63, 3.8) is 0 Å². The van der Waals surface area contributed by atoms with Gasteiger partial charge >= 0.3 is 6.09 Å². The zero-order valence-corrected chi connectivity index (χ0v) is 24.3. The number of benzene rings is 2. The largest absolute Gasteiger partial charge is 0.506 e. The van der Waals surface area contributed by atoms with Crippen LogP contribution in [0.1, 0.15) is 64.2 Å². The van der Waals surface area contributed by atoms with Crippen LogP contribution in [-0.2, 0) is 20.4 Å². The summed E-state index contributed by atoms with van der Waals surface area (Å²) in [5, 5.41) is 24.2. The second kappa shape index (κ2) is 11.2. The maximum atomic E-state index is 13.0. The van der Waals surface area contributed by atoms with Gasteiger partial charge in [0.1, 0.15) is 17.0 Å². The number of para-hydroxylation sites is 1. The van der Waals surface area contributed by atoms with E-state index in [1.54, 1.807) is 4.90 Å². The van der Waals surface area contributed by atoms with Crippen LogP contribution in [0, 0.1) is 0 Å². The van der Waals surface area contributed by atoms with Gasteiger partial charge in [-0.25, -0.2) is 13.2 Å². The lowest BCUT2D eigenvalue weighted by molar-refractivity contribution is -0.00134. The SMILES string of the molecule is CCC1(CC)OC(=O)N(CCC(C)(C)NC[C@H](O)c2ccc(O)c(N(Br)S(C)(=O)=O)c2)c2ccccc21. The molecule has 1 amide bonds. The van der Waals surface area contributed by atoms with Crippen LogP contribution in [-0.4, -0.2) is 49.6 Å². The minimum atomic E-state index is -3.66. The molecule has 1 heterocycles. The number of carbonyl (C=O) groups is 1. The van der Waals surface area contributed by atoms with E-state index in [2.05, 4.69) is 21.5 Å². The molecule has 1 aliphatic heterocycles. The summed E-state index contributed by atoms with van der Waals surface area (Å²) >= 11 is 2.95. The molecule has 0 fully saturated rings. The fraction of sp³-hybridized carbons (Fsp3) is 0.500. The third-order valence-corrected chi connectivity index (χ3v) is 9.67. The third-order valence-electron chi connectivity index (χ3n) is 6.93. The summed E-state index contributed by atoms with van der Waals surface area (Å²) < 4.78 is 30.4. The Hall–Kier alpha value is -2.34. The molecule has 0 aromatic heterocycles. The van der Waals surface area contributed by atoms with Crippen molar-refractivity contribution in [3.05, 3.63) is 53.6 Å². The second-order valence-electron chi connectivity index (χ2n) is 9.99. The molecule has 0 aliphatic carbocycles. The van der Waals surface area contributed by atoms with E-state index >= 15 is 0 Å². The number of carbonyl (C=O) groups excluding carboxylic acids is 1. The van der Waals surface area contributed by atoms with Gasteiger partial charge in [0, 0.05) is 24.2 Å². The average Bonchev–Trinajstić information content (AvgIpc) is 2.85. The highest BCUT2D eigenvalue weighted by molar-refractivity contribution is 9.11. The number of amides is 1. The second-order valence-corrected chi connectivity index (χ2v) is 13.0. The average molecular weight is 599 g/mol. The van der Waals surface area contributed by atoms with Crippen LogP contribution in [0.3, 0.4) is 0 Å². The molecule has 3 N–H and O–H groups in total. The minimum absolute atomic E-state index is 0.0100. The first kappa shape index (κ1) is 29.2. The first-order chi connectivity index (χ1) is 17.2. The lowest BCUT2D eigenvalue weighted by atomic mass is 9.85. The van der Waals surface area contributed by atoms with Crippen LogP contribution in [0.4, 0.5) is 16.2 Å². The lowest BCUT2D eigenvalue weighted by Crippen LogP contribution is -2.49. The zero-order valence-electron chi connectivity index (χ0n) is 21.9. The number of nitrogens with one attached hydrogen (secondary N) is 1. The molecule has 0 radical (unpaired) electrons. The van der Waals surface area contributed by atoms with E-state index in [0.717, 1.165) is 20.8 Å². The summed E-state index contributed by atoms with van der Waals surface area (Å²) in [6.45, 7) is 8.61. The number of halogens is 1. The molecule has 0 bridgehead atoms. The number of phenolic OH excluding ortho intramolecular Hbond substituents is 1. The number of sulfonamides is 1. The van der Waals surface area contributed by atoms with Crippen molar-refractivity contribution in [3.8, 4) is 5.75 Å². The highest BCUT2D eigenvalue weighted by atomic mass is 79.9. The van der Waals surface area contributed by atoms with E-state index in [-0.39, 0.29) is 24.1 Å². The van der Waals surface area contributed by atoms with Crippen LogP contribution in [0.25, 0.3) is 0 Å². The van der Waals surface area contributed by atoms with E-state index in [9.17, 15) is 23.4 Å². The van der Waals surface area contributed by atoms with Gasteiger partial charge in [0.05, 0.1) is 34.2 Å². The summed E-state index contributed by atoms with van der Waals surface area (Å²) in [4.78, 5) is 14.7. The van der Waals surface area contributed by atoms with E-state index in [1.807, 2.05) is 52.0 Å². The van der Waals surface area contributed by atoms with E-state index in [4.69, 9.17) is 4.74 Å². The summed E-state index contributed by atoms with van der Waals surface area (Å²) in [6, 6.07) is 12.1. The van der Waals surface area contributed by atoms with Crippen molar-refractivity contribution in [2.75, 3.05) is 27.6 Å². The Morgan fingerprint density at radius 1 is 1.19 bits per heavy atom. The summed E-state index contributed by atoms with van der Waals surface area (Å²) in [5.74, 6) is -0.240.